The molecule has 1 unspecified atom stereocenters. The minimum Gasteiger partial charge on any atom is -0.393 e. The van der Waals surface area contributed by atoms with Crippen LogP contribution in [0.3, 0.4) is 0 Å². The van der Waals surface area contributed by atoms with Crippen molar-refractivity contribution < 1.29 is 10.0 Å². The Balaban J connectivity index is 2.59. The predicted molar refractivity (Wildman–Crippen MR) is 61.6 cm³/mol. The molecule has 0 aliphatic heterocycles. The second kappa shape index (κ2) is 4.42. The van der Waals surface area contributed by atoms with Gasteiger partial charge >= 0.3 is 0 Å². The van der Waals surface area contributed by atoms with E-state index in [1.807, 2.05) is 0 Å². The predicted octanol–water partition coefficient (Wildman–Crippen LogP) is 1.46. The van der Waals surface area contributed by atoms with Gasteiger partial charge in [-0.25, -0.2) is 9.97 Å². The van der Waals surface area contributed by atoms with Gasteiger partial charge in [0.05, 0.1) is 22.2 Å². The van der Waals surface area contributed by atoms with Crippen molar-refractivity contribution in [3.8, 4) is 0 Å². The van der Waals surface area contributed by atoms with Crippen LogP contribution in [-0.4, -0.2) is 26.1 Å². The first-order valence-electron chi connectivity index (χ1n) is 5.14. The number of aromatic nitrogens is 2. The Morgan fingerprint density at radius 1 is 1.47 bits per heavy atom. The Hall–Kier alpha value is -2.08. The highest BCUT2D eigenvalue weighted by atomic mass is 16.6. The van der Waals surface area contributed by atoms with Crippen molar-refractivity contribution in [1.29, 1.82) is 0 Å². The fourth-order valence-corrected chi connectivity index (χ4v) is 1.65. The van der Waals surface area contributed by atoms with Crippen LogP contribution in [0, 0.1) is 10.1 Å². The van der Waals surface area contributed by atoms with Crippen LogP contribution in [0.25, 0.3) is 10.9 Å². The van der Waals surface area contributed by atoms with Gasteiger partial charge in [0.2, 0.25) is 0 Å². The fraction of sp³-hybridized carbons (Fsp3) is 0.273. The second-order valence-corrected chi connectivity index (χ2v) is 3.83. The highest BCUT2D eigenvalue weighted by Crippen LogP contribution is 2.21. The van der Waals surface area contributed by atoms with E-state index >= 15 is 0 Å². The molecule has 0 saturated heterocycles. The molecular formula is C11H11N3O3. The van der Waals surface area contributed by atoms with Gasteiger partial charge in [0.15, 0.2) is 0 Å². The van der Waals surface area contributed by atoms with Crippen LogP contribution in [0.4, 0.5) is 5.69 Å². The van der Waals surface area contributed by atoms with E-state index < -0.39 is 11.0 Å². The van der Waals surface area contributed by atoms with E-state index in [1.54, 1.807) is 13.0 Å². The standard InChI is InChI=1S/C11H11N3O3/c1-7(15)4-11-9-5-8(14(16)17)2-3-10(9)12-6-13-11/h2-3,5-7,15H,4H2,1H3. The molecular weight excluding hydrogens is 222 g/mol. The minimum atomic E-state index is -0.549. The lowest BCUT2D eigenvalue weighted by molar-refractivity contribution is -0.384. The summed E-state index contributed by atoms with van der Waals surface area (Å²) in [5.74, 6) is 0. The van der Waals surface area contributed by atoms with Crippen LogP contribution in [0.5, 0.6) is 0 Å². The number of fused-ring (bicyclic) bond motifs is 1. The molecule has 1 N–H and O–H groups in total. The molecule has 17 heavy (non-hydrogen) atoms. The van der Waals surface area contributed by atoms with E-state index in [4.69, 9.17) is 0 Å². The number of hydrogen-bond acceptors (Lipinski definition) is 5. The highest BCUT2D eigenvalue weighted by molar-refractivity contribution is 5.83. The van der Waals surface area contributed by atoms with Gasteiger partial charge < -0.3 is 5.11 Å². The van der Waals surface area contributed by atoms with Crippen LogP contribution in [0.2, 0.25) is 0 Å². The summed E-state index contributed by atoms with van der Waals surface area (Å²) < 4.78 is 0. The van der Waals surface area contributed by atoms with Gasteiger partial charge in [0.25, 0.3) is 5.69 Å². The van der Waals surface area contributed by atoms with Crippen LogP contribution in [-0.2, 0) is 6.42 Å². The Labute approximate surface area is 97.1 Å². The smallest absolute Gasteiger partial charge is 0.270 e. The summed E-state index contributed by atoms with van der Waals surface area (Å²) in [5.41, 5.74) is 1.26. The molecule has 0 radical (unpaired) electrons. The summed E-state index contributed by atoms with van der Waals surface area (Å²) in [7, 11) is 0. The first-order valence-corrected chi connectivity index (χ1v) is 5.14. The molecule has 1 heterocycles. The fourth-order valence-electron chi connectivity index (χ4n) is 1.65. The van der Waals surface area contributed by atoms with Gasteiger partial charge in [0.1, 0.15) is 6.33 Å². The molecule has 6 heteroatoms. The molecule has 88 valence electrons. The molecule has 1 aromatic heterocycles. The number of aliphatic hydroxyl groups excluding tert-OH is 1. The quantitative estimate of drug-likeness (QED) is 0.640. The molecule has 0 bridgehead atoms. The van der Waals surface area contributed by atoms with Gasteiger partial charge in [0, 0.05) is 23.9 Å². The van der Waals surface area contributed by atoms with E-state index in [9.17, 15) is 15.2 Å². The number of rotatable bonds is 3. The van der Waals surface area contributed by atoms with E-state index in [2.05, 4.69) is 9.97 Å². The first kappa shape index (κ1) is 11.4. The number of aliphatic hydroxyl groups is 1. The van der Waals surface area contributed by atoms with E-state index in [0.29, 0.717) is 23.0 Å². The number of hydrogen-bond donors (Lipinski definition) is 1. The molecule has 2 rings (SSSR count). The summed E-state index contributed by atoms with van der Waals surface area (Å²) in [6.07, 6.45) is 1.19. The summed E-state index contributed by atoms with van der Waals surface area (Å²) in [6.45, 7) is 1.64. The summed E-state index contributed by atoms with van der Waals surface area (Å²) in [6, 6.07) is 4.43. The number of benzene rings is 1. The van der Waals surface area contributed by atoms with Crippen molar-refractivity contribution in [3.63, 3.8) is 0 Å². The molecule has 0 fully saturated rings. The van der Waals surface area contributed by atoms with E-state index in [-0.39, 0.29) is 5.69 Å². The maximum atomic E-state index is 10.7. The van der Waals surface area contributed by atoms with Gasteiger partial charge in [-0.05, 0) is 13.0 Å². The van der Waals surface area contributed by atoms with E-state index in [0.717, 1.165) is 0 Å². The molecule has 1 atom stereocenters. The van der Waals surface area contributed by atoms with Gasteiger partial charge in [-0.15, -0.1) is 0 Å². The third-order valence-electron chi connectivity index (χ3n) is 2.40. The lowest BCUT2D eigenvalue weighted by Crippen LogP contribution is -2.07. The zero-order valence-electron chi connectivity index (χ0n) is 9.20. The molecule has 0 amide bonds. The van der Waals surface area contributed by atoms with Crippen molar-refractivity contribution in [2.24, 2.45) is 0 Å². The highest BCUT2D eigenvalue weighted by Gasteiger charge is 2.11. The average Bonchev–Trinajstić information content (AvgIpc) is 2.28. The number of nitro groups is 1. The first-order chi connectivity index (χ1) is 8.08. The Morgan fingerprint density at radius 2 is 2.24 bits per heavy atom. The third kappa shape index (κ3) is 2.36. The van der Waals surface area contributed by atoms with Crippen molar-refractivity contribution >= 4 is 16.6 Å². The van der Waals surface area contributed by atoms with Gasteiger partial charge in [-0.2, -0.15) is 0 Å². The Bertz CT molecular complexity index is 569. The monoisotopic (exact) mass is 233 g/mol. The molecule has 0 saturated carbocycles. The lowest BCUT2D eigenvalue weighted by Gasteiger charge is -2.06. The molecule has 6 nitrogen and oxygen atoms in total. The van der Waals surface area contributed by atoms with Crippen molar-refractivity contribution in [3.05, 3.63) is 40.3 Å². The van der Waals surface area contributed by atoms with E-state index in [1.165, 1.54) is 18.5 Å². The van der Waals surface area contributed by atoms with Crippen molar-refractivity contribution in [2.75, 3.05) is 0 Å². The molecule has 0 spiro atoms. The zero-order chi connectivity index (χ0) is 12.4. The number of nitro benzene ring substituents is 1. The number of non-ortho nitro benzene ring substituents is 1. The molecule has 0 aliphatic carbocycles. The third-order valence-corrected chi connectivity index (χ3v) is 2.40. The lowest BCUT2D eigenvalue weighted by atomic mass is 10.1. The second-order valence-electron chi connectivity index (χ2n) is 3.83. The number of nitrogens with zero attached hydrogens (tertiary/aromatic N) is 3. The SMILES string of the molecule is CC(O)Cc1ncnc2ccc([N+](=O)[O-])cc12. The molecule has 2 aromatic rings. The normalized spacial score (nSPS) is 12.6. The largest absolute Gasteiger partial charge is 0.393 e. The summed E-state index contributed by atoms with van der Waals surface area (Å²) >= 11 is 0. The molecule has 1 aromatic carbocycles. The maximum Gasteiger partial charge on any atom is 0.270 e. The van der Waals surface area contributed by atoms with Gasteiger partial charge in [-0.1, -0.05) is 0 Å². The zero-order valence-corrected chi connectivity index (χ0v) is 9.20. The van der Waals surface area contributed by atoms with Crippen LogP contribution in [0.15, 0.2) is 24.5 Å². The maximum absolute atomic E-state index is 10.7. The van der Waals surface area contributed by atoms with Crippen LogP contribution < -0.4 is 0 Å². The van der Waals surface area contributed by atoms with Crippen molar-refractivity contribution in [1.82, 2.24) is 9.97 Å². The Morgan fingerprint density at radius 3 is 2.88 bits per heavy atom. The minimum absolute atomic E-state index is 0.000794. The Kier molecular flexibility index (Phi) is 2.97. The van der Waals surface area contributed by atoms with Crippen LogP contribution >= 0.6 is 0 Å². The summed E-state index contributed by atoms with van der Waals surface area (Å²) in [4.78, 5) is 18.3. The van der Waals surface area contributed by atoms with Gasteiger partial charge in [-0.3, -0.25) is 10.1 Å². The van der Waals surface area contributed by atoms with Crippen molar-refractivity contribution in [2.45, 2.75) is 19.4 Å². The summed E-state index contributed by atoms with van der Waals surface area (Å²) in [5, 5.41) is 20.7. The molecule has 0 aliphatic rings. The average molecular weight is 233 g/mol. The topological polar surface area (TPSA) is 89.2 Å². The van der Waals surface area contributed by atoms with Crippen LogP contribution in [0.1, 0.15) is 12.6 Å².